The number of carbonyl (C=O) groups is 2. The number of nitrogens with one attached hydrogen (secondary N) is 2. The van der Waals surface area contributed by atoms with Gasteiger partial charge in [-0.25, -0.2) is 0 Å². The average molecular weight is 812 g/mol. The van der Waals surface area contributed by atoms with E-state index >= 15 is 0 Å². The van der Waals surface area contributed by atoms with Gasteiger partial charge in [0, 0.05) is 0 Å². The average Bonchev–Trinajstić information content (AvgIpc) is 3.77. The predicted molar refractivity (Wildman–Crippen MR) is 222 cm³/mol. The zero-order valence-corrected chi connectivity index (χ0v) is 36.0. The molecule has 0 bridgehead atoms. The van der Waals surface area contributed by atoms with Crippen LogP contribution in [-0.4, -0.2) is 20.4 Å². The van der Waals surface area contributed by atoms with E-state index in [0.29, 0.717) is 24.7 Å². The Hall–Kier alpha value is -3.43. The molecule has 0 unspecified atom stereocenters. The predicted octanol–water partition coefficient (Wildman–Crippen LogP) is 11.9. The molecule has 2 amide bonds. The molecule has 6 aromatic rings. The van der Waals surface area contributed by atoms with Gasteiger partial charge in [-0.2, -0.15) is 12.1 Å². The van der Waals surface area contributed by atoms with Gasteiger partial charge in [0.25, 0.3) is 0 Å². The second kappa shape index (κ2) is 20.7. The zero-order chi connectivity index (χ0) is 38.5. The van der Waals surface area contributed by atoms with Crippen molar-refractivity contribution in [2.45, 2.75) is 81.1 Å². The Labute approximate surface area is 330 Å². The van der Waals surface area contributed by atoms with Gasteiger partial charge in [0.05, 0.1) is 0 Å². The van der Waals surface area contributed by atoms with Gasteiger partial charge in [-0.1, -0.05) is 75.2 Å². The van der Waals surface area contributed by atoms with Crippen molar-refractivity contribution in [1.82, 2.24) is 10.5 Å². The van der Waals surface area contributed by atoms with Crippen LogP contribution in [0.15, 0.2) is 84.9 Å². The van der Waals surface area contributed by atoms with E-state index < -0.39 is 20.8 Å². The van der Waals surface area contributed by atoms with Crippen molar-refractivity contribution < 1.29 is 30.4 Å². The third-order valence-corrected chi connectivity index (χ3v) is 9.88. The molecule has 8 heteroatoms. The summed E-state index contributed by atoms with van der Waals surface area (Å²) in [6.07, 6.45) is 0.910. The van der Waals surface area contributed by atoms with Crippen molar-refractivity contribution in [3.63, 3.8) is 0 Å². The molecule has 0 aromatic heterocycles. The number of hydrogen-bond donors (Lipinski definition) is 2. The molecular weight excluding hydrogens is 761 g/mol. The third kappa shape index (κ3) is 10.8. The minimum atomic E-state index is -0.826. The van der Waals surface area contributed by atoms with Gasteiger partial charge >= 0.3 is 45.4 Å². The Morgan fingerprint density at radius 2 is 0.942 bits per heavy atom. The maximum atomic E-state index is 9.38. The molecule has 2 N–H and O–H groups in total. The number of benzene rings is 4. The van der Waals surface area contributed by atoms with Gasteiger partial charge in [0.2, 0.25) is 0 Å². The summed E-state index contributed by atoms with van der Waals surface area (Å²) in [5.41, 5.74) is 16.7. The standard InChI is InChI=1S/2C21H23.C2H4BN2O2.2ClH.Zr/c2*1-13(2)18-11-17-7-6-8-20(21(17)12-18)19-10-9-14(3)15(4)16(19)5;6-1-4-3-5-2-7;;;/h2*6-13H,1-5H3;1-2H,(H,4,6)(H,5,7);2*1H;/q2*-1;;;;+4/p-2. The van der Waals surface area contributed by atoms with Crippen LogP contribution in [0.3, 0.4) is 0 Å². The molecule has 0 saturated carbocycles. The van der Waals surface area contributed by atoms with E-state index in [4.69, 9.17) is 17.0 Å². The first-order valence-electron chi connectivity index (χ1n) is 17.5. The fourth-order valence-electron chi connectivity index (χ4n) is 6.26. The number of amides is 2. The summed E-state index contributed by atoms with van der Waals surface area (Å²) < 4.78 is 0. The summed E-state index contributed by atoms with van der Waals surface area (Å²) >= 11 is -0.826. The van der Waals surface area contributed by atoms with Crippen LogP contribution >= 0.6 is 17.0 Å². The van der Waals surface area contributed by atoms with E-state index in [2.05, 4.69) is 165 Å². The Morgan fingerprint density at radius 1 is 0.577 bits per heavy atom. The molecule has 6 rings (SSSR count). The van der Waals surface area contributed by atoms with E-state index in [1.807, 2.05) is 0 Å². The number of hydrogen-bond acceptors (Lipinski definition) is 2. The van der Waals surface area contributed by atoms with E-state index in [9.17, 15) is 9.59 Å². The first kappa shape index (κ1) is 43.0. The van der Waals surface area contributed by atoms with Crippen LogP contribution in [0.25, 0.3) is 43.8 Å². The Morgan fingerprint density at radius 3 is 1.27 bits per heavy atom. The van der Waals surface area contributed by atoms with Crippen LogP contribution < -0.4 is 10.5 Å². The second-order valence-corrected chi connectivity index (χ2v) is 17.4. The number of rotatable bonds is 8. The molecular formula is C44H50BCl2N2O2Zr. The molecule has 269 valence electrons. The van der Waals surface area contributed by atoms with Crippen LogP contribution in [-0.2, 0) is 30.4 Å². The van der Waals surface area contributed by atoms with Crippen molar-refractivity contribution in [3.8, 4) is 22.3 Å². The second-order valence-electron chi connectivity index (χ2n) is 13.6. The van der Waals surface area contributed by atoms with Gasteiger partial charge < -0.3 is 10.5 Å². The molecule has 6 aromatic carbocycles. The summed E-state index contributed by atoms with van der Waals surface area (Å²) in [5, 5.41) is 9.68. The number of aryl methyl sites for hydroxylation is 2. The molecule has 0 heterocycles. The van der Waals surface area contributed by atoms with Crippen LogP contribution in [0.2, 0.25) is 0 Å². The third-order valence-electron chi connectivity index (χ3n) is 9.88. The summed E-state index contributed by atoms with van der Waals surface area (Å²) in [6.45, 7) is 22.3. The number of carbonyl (C=O) groups excluding carboxylic acids is 2. The fraction of sp³-hybridized carbons (Fsp3) is 0.273. The van der Waals surface area contributed by atoms with Crippen LogP contribution in [0.5, 0.6) is 0 Å². The number of halogens is 2. The van der Waals surface area contributed by atoms with Crippen LogP contribution in [0.1, 0.15) is 84.0 Å². The molecule has 0 fully saturated rings. The van der Waals surface area contributed by atoms with Crippen molar-refractivity contribution in [2.24, 2.45) is 0 Å². The molecule has 52 heavy (non-hydrogen) atoms. The Bertz CT molecular complexity index is 1950. The van der Waals surface area contributed by atoms with Gasteiger partial charge in [-0.05, 0) is 97.9 Å². The van der Waals surface area contributed by atoms with Gasteiger partial charge in [-0.15, -0.1) is 69.1 Å². The van der Waals surface area contributed by atoms with Crippen molar-refractivity contribution in [2.75, 3.05) is 0 Å². The first-order valence-corrected chi connectivity index (χ1v) is 23.8. The summed E-state index contributed by atoms with van der Waals surface area (Å²) in [6, 6.07) is 31.7. The zero-order valence-electron chi connectivity index (χ0n) is 32.0. The molecule has 0 aliphatic carbocycles. The summed E-state index contributed by atoms with van der Waals surface area (Å²) in [7, 11) is 11.0. The molecule has 0 saturated heterocycles. The molecule has 4 nitrogen and oxygen atoms in total. The molecule has 0 aliphatic heterocycles. The maximum absolute atomic E-state index is 9.38. The summed E-state index contributed by atoms with van der Waals surface area (Å²) in [4.78, 5) is 18.8. The topological polar surface area (TPSA) is 58.2 Å². The van der Waals surface area contributed by atoms with Gasteiger partial charge in [-0.3, -0.25) is 9.59 Å². The van der Waals surface area contributed by atoms with Crippen LogP contribution in [0, 0.1) is 41.5 Å². The Balaban J connectivity index is 0.000000224. The first-order chi connectivity index (χ1) is 24.8. The molecule has 0 atom stereocenters. The van der Waals surface area contributed by atoms with Crippen LogP contribution in [0.4, 0.5) is 0 Å². The monoisotopic (exact) mass is 809 g/mol. The van der Waals surface area contributed by atoms with Gasteiger partial charge in [0.15, 0.2) is 12.8 Å². The van der Waals surface area contributed by atoms with E-state index in [1.165, 1.54) is 88.3 Å². The number of fused-ring (bicyclic) bond motifs is 2. The summed E-state index contributed by atoms with van der Waals surface area (Å²) in [5.74, 6) is 1.15. The Kier molecular flexibility index (Phi) is 17.1. The van der Waals surface area contributed by atoms with E-state index in [0.717, 1.165) is 7.55 Å². The quantitative estimate of drug-likeness (QED) is 0.0696. The molecule has 0 spiro atoms. The van der Waals surface area contributed by atoms with Crippen molar-refractivity contribution in [3.05, 3.63) is 129 Å². The van der Waals surface area contributed by atoms with E-state index in [1.54, 1.807) is 0 Å². The molecule has 0 aliphatic rings. The fourth-order valence-corrected chi connectivity index (χ4v) is 6.26. The normalized spacial score (nSPS) is 10.3. The van der Waals surface area contributed by atoms with Gasteiger partial charge in [0.1, 0.15) is 0 Å². The van der Waals surface area contributed by atoms with Crippen molar-refractivity contribution >= 4 is 58.9 Å². The molecule has 1 radical (unpaired) electrons. The van der Waals surface area contributed by atoms with E-state index in [-0.39, 0.29) is 0 Å². The van der Waals surface area contributed by atoms with Crippen molar-refractivity contribution in [1.29, 1.82) is 0 Å². The minimum absolute atomic E-state index is 0.455. The SMILES string of the molecule is Cc1ccc(-c2cccc3[cH-]c(C(C)C)cc23)c(C)c1C.Cc1ccc(-c2cccc3[cH-]c(C(C)C)cc23)c(C)c1C.O=CN[B]NC=O.[Cl][Zr+2][Cl].